The maximum absolute atomic E-state index is 13.2. The van der Waals surface area contributed by atoms with E-state index in [1.165, 1.54) is 21.3 Å². The van der Waals surface area contributed by atoms with Gasteiger partial charge in [-0.15, -0.1) is 0 Å². The number of ether oxygens (including phenoxy) is 18. The Labute approximate surface area is 566 Å². The number of aliphatic hydroxyl groups excluding tert-OH is 6. The quantitative estimate of drug-likeness (QED) is 0.0587. The van der Waals surface area contributed by atoms with Gasteiger partial charge in [-0.1, -0.05) is 6.07 Å². The summed E-state index contributed by atoms with van der Waals surface area (Å²) in [5, 5.41) is 73.3. The first-order valence-electron chi connectivity index (χ1n) is 32.0. The Morgan fingerprint density at radius 1 is 0.404 bits per heavy atom. The van der Waals surface area contributed by atoms with Crippen LogP contribution in [-0.2, 0) is 38.1 Å². The number of rotatable bonds is 13. The molecule has 17 atom stereocenters. The molecule has 6 aromatic carbocycles. The van der Waals surface area contributed by atoms with Gasteiger partial charge in [-0.3, -0.25) is 14.4 Å². The normalized spacial score (nSPS) is 29.4. The van der Waals surface area contributed by atoms with Crippen LogP contribution in [0.3, 0.4) is 0 Å². The van der Waals surface area contributed by atoms with Crippen molar-refractivity contribution >= 4 is 17.9 Å². The maximum atomic E-state index is 13.2. The lowest BCUT2D eigenvalue weighted by molar-refractivity contribution is -0.317. The molecule has 4 fully saturated rings. The third kappa shape index (κ3) is 11.2. The van der Waals surface area contributed by atoms with E-state index in [9.17, 15) is 50.1 Å². The minimum Gasteiger partial charge on any atom is -0.504 e. The molecule has 7 N–H and O–H groups in total. The van der Waals surface area contributed by atoms with Crippen molar-refractivity contribution in [2.75, 3.05) is 96.6 Å². The number of aromatic hydroxyl groups is 1. The molecule has 7 aliphatic heterocycles. The van der Waals surface area contributed by atoms with Crippen molar-refractivity contribution in [3.63, 3.8) is 0 Å². The second-order valence-electron chi connectivity index (χ2n) is 25.3. The van der Waals surface area contributed by atoms with Crippen molar-refractivity contribution in [3.8, 4) is 80.5 Å². The van der Waals surface area contributed by atoms with E-state index in [4.69, 9.17) is 85.3 Å². The van der Waals surface area contributed by atoms with Crippen LogP contribution in [0.15, 0.2) is 72.8 Å². The van der Waals surface area contributed by atoms with Crippen LogP contribution < -0.4 is 61.6 Å². The number of carbonyl (C=O) groups excluding carboxylic acids is 3. The van der Waals surface area contributed by atoms with Gasteiger partial charge in [0.05, 0.1) is 112 Å². The third-order valence-corrected chi connectivity index (χ3v) is 20.5. The van der Waals surface area contributed by atoms with E-state index in [-0.39, 0.29) is 87.3 Å². The lowest BCUT2D eigenvalue weighted by Gasteiger charge is -2.44. The Bertz CT molecular complexity index is 3920. The van der Waals surface area contributed by atoms with Crippen molar-refractivity contribution in [3.05, 3.63) is 128 Å². The highest BCUT2D eigenvalue weighted by Gasteiger charge is 2.57. The second-order valence-corrected chi connectivity index (χ2v) is 25.3. The number of aliphatic hydroxyl groups is 6. The number of carbonyl (C=O) groups is 3. The zero-order valence-electron chi connectivity index (χ0n) is 54.9. The molecule has 28 nitrogen and oxygen atoms in total. The average Bonchev–Trinajstić information content (AvgIpc) is 1.72. The smallest absolute Gasteiger partial charge is 0.310 e. The minimum atomic E-state index is -1.63. The van der Waals surface area contributed by atoms with Gasteiger partial charge in [-0.05, 0) is 129 Å². The van der Waals surface area contributed by atoms with Gasteiger partial charge >= 0.3 is 17.9 Å². The molecule has 526 valence electrons. The van der Waals surface area contributed by atoms with Gasteiger partial charge in [-0.25, -0.2) is 0 Å². The molecule has 6 aromatic rings. The number of phenols is 1. The number of benzene rings is 6. The van der Waals surface area contributed by atoms with Crippen LogP contribution >= 0.6 is 0 Å². The molecule has 5 unspecified atom stereocenters. The van der Waals surface area contributed by atoms with Gasteiger partial charge in [-0.2, -0.15) is 0 Å². The first-order chi connectivity index (χ1) is 47.9. The van der Waals surface area contributed by atoms with Crippen LogP contribution in [0.4, 0.5) is 0 Å². The zero-order chi connectivity index (χ0) is 69.6. The van der Waals surface area contributed by atoms with Crippen molar-refractivity contribution < 1.29 is 135 Å². The van der Waals surface area contributed by atoms with Crippen LogP contribution in [0.5, 0.6) is 80.5 Å². The SMILES string of the molecule is COc1cc(C2c3cc4c(cc3[C@@H](O)[C@H]3COC(=O)[C@H]23)OCO4)cc(OC)c1OC.COc1cc(C2c3cc4c(cc3[C@@H](O[C@@H]3OC(CO)[C@@H](O)[C@H](O)C3O)[C@H]3COC(=O)[C@H]23)OCO4)cc(C)c1O.COc1cc(C2c3cc4c(cc3[C@H](O)[C@H]3COC(=O)[C@H]23)OCO4)cc(OC)c1OC. The summed E-state index contributed by atoms with van der Waals surface area (Å²) in [6.07, 6.45) is -9.93. The molecular weight excluding hydrogens is 1300 g/mol. The zero-order valence-corrected chi connectivity index (χ0v) is 54.9. The Hall–Kier alpha value is -9.39. The van der Waals surface area contributed by atoms with Gasteiger partial charge in [0, 0.05) is 35.5 Å². The molecule has 4 saturated heterocycles. The van der Waals surface area contributed by atoms with E-state index >= 15 is 0 Å². The Morgan fingerprint density at radius 2 is 0.747 bits per heavy atom. The summed E-state index contributed by atoms with van der Waals surface area (Å²) in [6.45, 7) is 1.74. The van der Waals surface area contributed by atoms with E-state index in [1.54, 1.807) is 71.8 Å². The topological polar surface area (TPSA) is 359 Å². The molecule has 0 aromatic heterocycles. The fourth-order valence-electron chi connectivity index (χ4n) is 15.7. The molecule has 99 heavy (non-hydrogen) atoms. The van der Waals surface area contributed by atoms with E-state index in [0.717, 1.165) is 22.3 Å². The number of phenolic OH excluding ortho intramolecular Hbond substituents is 1. The highest BCUT2D eigenvalue weighted by atomic mass is 16.7. The molecule has 10 aliphatic rings. The first-order valence-corrected chi connectivity index (χ1v) is 32.0. The average molecular weight is 1380 g/mol. The number of hydrogen-bond donors (Lipinski definition) is 7. The number of methoxy groups -OCH3 is 7. The molecule has 3 aliphatic carbocycles. The van der Waals surface area contributed by atoms with Crippen molar-refractivity contribution in [1.29, 1.82) is 0 Å². The standard InChI is InChI=1S/C27H30O12.2C22H22O8/c1-10-3-11(4-17(34-2)21(10)29)19-12-5-15-16(37-9-36-15)6-13(12)25(14-8-35-26(33)20(14)19)39-27-24(32)23(31)22(30)18(7-28)38-27;2*1-25-16-4-10(5-17(26-2)21(16)27-3)18-11-6-14-15(30-9-29-14)7-12(11)20(23)13-8-28-22(24)19(13)18/h3-6,14,18-20,22-25,27-32H,7-9H2,1-2H3;2*4-7,13,18-20,23H,8-9H2,1-3H3/t14-,18?,19?,20-,22+,23-,24?,25+,27-;13-,18?,19-,20+;13-,18?,19-,20-/m000/s1. The van der Waals surface area contributed by atoms with Gasteiger partial charge in [0.15, 0.2) is 75.3 Å². The minimum absolute atomic E-state index is 0.00246. The third-order valence-electron chi connectivity index (χ3n) is 20.5. The predicted octanol–water partition coefficient (Wildman–Crippen LogP) is 5.05. The van der Waals surface area contributed by atoms with E-state index in [1.807, 2.05) is 36.4 Å². The summed E-state index contributed by atoms with van der Waals surface area (Å²) in [4.78, 5) is 38.7. The Kier molecular flexibility index (Phi) is 18.0. The predicted molar refractivity (Wildman–Crippen MR) is 336 cm³/mol. The van der Waals surface area contributed by atoms with E-state index in [2.05, 4.69) is 0 Å². The molecule has 0 spiro atoms. The molecule has 16 rings (SSSR count). The number of cyclic esters (lactones) is 3. The van der Waals surface area contributed by atoms with Gasteiger partial charge < -0.3 is 121 Å². The maximum Gasteiger partial charge on any atom is 0.310 e. The number of aryl methyl sites for hydroxylation is 1. The summed E-state index contributed by atoms with van der Waals surface area (Å²) >= 11 is 0. The van der Waals surface area contributed by atoms with Crippen LogP contribution in [0, 0.1) is 42.4 Å². The Morgan fingerprint density at radius 3 is 1.13 bits per heavy atom. The lowest BCUT2D eigenvalue weighted by atomic mass is 9.66. The largest absolute Gasteiger partial charge is 0.504 e. The van der Waals surface area contributed by atoms with Crippen LogP contribution in [0.2, 0.25) is 0 Å². The fourth-order valence-corrected chi connectivity index (χ4v) is 15.7. The fraction of sp³-hybridized carbons (Fsp3) is 0.451. The van der Waals surface area contributed by atoms with E-state index < -0.39 is 91.2 Å². The van der Waals surface area contributed by atoms with Gasteiger partial charge in [0.25, 0.3) is 0 Å². The number of fused-ring (bicyclic) bond motifs is 9. The molecule has 0 bridgehead atoms. The van der Waals surface area contributed by atoms with Crippen molar-refractivity contribution in [1.82, 2.24) is 0 Å². The van der Waals surface area contributed by atoms with Crippen molar-refractivity contribution in [2.24, 2.45) is 35.5 Å². The summed E-state index contributed by atoms with van der Waals surface area (Å²) in [5.41, 5.74) is 7.18. The molecule has 0 radical (unpaired) electrons. The lowest BCUT2D eigenvalue weighted by Crippen LogP contribution is -2.59. The van der Waals surface area contributed by atoms with Gasteiger partial charge in [0.1, 0.15) is 24.4 Å². The van der Waals surface area contributed by atoms with Crippen LogP contribution in [0.1, 0.15) is 91.7 Å². The van der Waals surface area contributed by atoms with Crippen LogP contribution in [0.25, 0.3) is 0 Å². The monoisotopic (exact) mass is 1370 g/mol. The highest BCUT2D eigenvalue weighted by Crippen LogP contribution is 2.60. The summed E-state index contributed by atoms with van der Waals surface area (Å²) < 4.78 is 99.8. The molecular formula is C71H74O28. The van der Waals surface area contributed by atoms with E-state index in [0.29, 0.717) is 102 Å². The van der Waals surface area contributed by atoms with Gasteiger partial charge in [0.2, 0.25) is 31.9 Å². The summed E-state index contributed by atoms with van der Waals surface area (Å²) in [7, 11) is 10.7. The van der Waals surface area contributed by atoms with Crippen LogP contribution in [-0.4, -0.2) is 181 Å². The summed E-state index contributed by atoms with van der Waals surface area (Å²) in [5.74, 6) is 0.956. The second kappa shape index (κ2) is 26.7. The number of esters is 3. The summed E-state index contributed by atoms with van der Waals surface area (Å²) in [6, 6.07) is 21.6. The molecule has 0 amide bonds. The molecule has 7 heterocycles. The van der Waals surface area contributed by atoms with Crippen molar-refractivity contribution in [2.45, 2.75) is 73.7 Å². The first kappa shape index (κ1) is 66.8. The highest BCUT2D eigenvalue weighted by molar-refractivity contribution is 5.81. The number of hydrogen-bond acceptors (Lipinski definition) is 28. The molecule has 0 saturated carbocycles. The Balaban J connectivity index is 0.000000128. The molecule has 28 heteroatoms.